The van der Waals surface area contributed by atoms with Gasteiger partial charge in [-0.1, -0.05) is 42.5 Å². The maximum absolute atomic E-state index is 12.7. The third-order valence-corrected chi connectivity index (χ3v) is 4.91. The van der Waals surface area contributed by atoms with Crippen LogP contribution >= 0.6 is 0 Å². The molecule has 6 nitrogen and oxygen atoms in total. The van der Waals surface area contributed by atoms with Gasteiger partial charge < -0.3 is 10.2 Å². The molecule has 0 saturated heterocycles. The summed E-state index contributed by atoms with van der Waals surface area (Å²) >= 11 is 0. The van der Waals surface area contributed by atoms with Gasteiger partial charge in [0, 0.05) is 17.5 Å². The van der Waals surface area contributed by atoms with Crippen molar-refractivity contribution in [1.82, 2.24) is 15.5 Å². The number of benzene rings is 2. The van der Waals surface area contributed by atoms with Gasteiger partial charge in [0.15, 0.2) is 5.69 Å². The van der Waals surface area contributed by atoms with Gasteiger partial charge in [0.25, 0.3) is 11.5 Å². The van der Waals surface area contributed by atoms with Crippen molar-refractivity contribution in [2.45, 2.75) is 26.9 Å². The highest BCUT2D eigenvalue weighted by Gasteiger charge is 2.15. The largest absolute Gasteiger partial charge is 0.347 e. The number of aromatic amines is 1. The summed E-state index contributed by atoms with van der Waals surface area (Å²) in [6.45, 7) is 7.82. The lowest BCUT2D eigenvalue weighted by molar-refractivity contribution is -0.910. The van der Waals surface area contributed by atoms with Gasteiger partial charge >= 0.3 is 0 Å². The van der Waals surface area contributed by atoms with Crippen molar-refractivity contribution in [2.75, 3.05) is 13.1 Å². The highest BCUT2D eigenvalue weighted by molar-refractivity contribution is 6.04. The molecular formula is C21H25N4O2+. The van der Waals surface area contributed by atoms with Crippen molar-refractivity contribution >= 4 is 16.7 Å². The van der Waals surface area contributed by atoms with Crippen LogP contribution in [-0.2, 0) is 13.1 Å². The van der Waals surface area contributed by atoms with E-state index in [4.69, 9.17) is 0 Å². The summed E-state index contributed by atoms with van der Waals surface area (Å²) in [5.74, 6) is -0.299. The molecule has 0 aliphatic rings. The van der Waals surface area contributed by atoms with Crippen molar-refractivity contribution < 1.29 is 9.69 Å². The smallest absolute Gasteiger partial charge is 0.272 e. The zero-order chi connectivity index (χ0) is 19.2. The minimum Gasteiger partial charge on any atom is -0.347 e. The zero-order valence-electron chi connectivity index (χ0n) is 15.7. The Kier molecular flexibility index (Phi) is 5.98. The average Bonchev–Trinajstić information content (AvgIpc) is 2.71. The minimum atomic E-state index is -0.299. The highest BCUT2D eigenvalue weighted by Crippen LogP contribution is 2.13. The third-order valence-electron chi connectivity index (χ3n) is 4.91. The fourth-order valence-electron chi connectivity index (χ4n) is 3.22. The van der Waals surface area contributed by atoms with E-state index >= 15 is 0 Å². The molecule has 3 rings (SSSR count). The lowest BCUT2D eigenvalue weighted by Gasteiger charge is -2.18. The van der Waals surface area contributed by atoms with E-state index in [1.807, 2.05) is 18.2 Å². The molecular weight excluding hydrogens is 340 g/mol. The molecule has 0 atom stereocenters. The summed E-state index contributed by atoms with van der Waals surface area (Å²) < 4.78 is 0. The summed E-state index contributed by atoms with van der Waals surface area (Å²) in [5, 5.41) is 10.3. The molecule has 0 spiro atoms. The molecule has 0 aliphatic carbocycles. The van der Waals surface area contributed by atoms with Gasteiger partial charge in [-0.3, -0.25) is 9.59 Å². The van der Waals surface area contributed by atoms with Gasteiger partial charge in [-0.25, -0.2) is 5.10 Å². The van der Waals surface area contributed by atoms with Gasteiger partial charge in [0.1, 0.15) is 6.54 Å². The molecule has 0 unspecified atom stereocenters. The second kappa shape index (κ2) is 8.60. The van der Waals surface area contributed by atoms with E-state index in [2.05, 4.69) is 35.4 Å². The predicted molar refractivity (Wildman–Crippen MR) is 106 cm³/mol. The van der Waals surface area contributed by atoms with E-state index in [1.54, 1.807) is 24.3 Å². The predicted octanol–water partition coefficient (Wildman–Crippen LogP) is 1.28. The SMILES string of the molecule is CC[NH+](CC)Cc1ccccc1CNC(=O)c1n[nH]c(=O)c2ccccc12. The quantitative estimate of drug-likeness (QED) is 0.590. The Morgan fingerprint density at radius 3 is 2.33 bits per heavy atom. The molecule has 6 heteroatoms. The highest BCUT2D eigenvalue weighted by atomic mass is 16.2. The summed E-state index contributed by atoms with van der Waals surface area (Å²) in [6, 6.07) is 15.2. The van der Waals surface area contributed by atoms with Crippen molar-refractivity contribution in [2.24, 2.45) is 0 Å². The number of H-pyrrole nitrogens is 1. The van der Waals surface area contributed by atoms with E-state index < -0.39 is 0 Å². The normalized spacial score (nSPS) is 11.1. The number of quaternary nitrogens is 1. The van der Waals surface area contributed by atoms with E-state index in [-0.39, 0.29) is 17.2 Å². The number of carbonyl (C=O) groups excluding carboxylic acids is 1. The fourth-order valence-corrected chi connectivity index (χ4v) is 3.22. The number of aromatic nitrogens is 2. The molecule has 1 heterocycles. The van der Waals surface area contributed by atoms with E-state index in [0.29, 0.717) is 17.3 Å². The molecule has 0 radical (unpaired) electrons. The van der Waals surface area contributed by atoms with Crippen molar-refractivity contribution in [3.8, 4) is 0 Å². The van der Waals surface area contributed by atoms with Gasteiger partial charge in [-0.05, 0) is 25.5 Å². The lowest BCUT2D eigenvalue weighted by Crippen LogP contribution is -3.10. The summed E-state index contributed by atoms with van der Waals surface area (Å²) in [7, 11) is 0. The standard InChI is InChI=1S/C21H24N4O2/c1-3-25(4-2)14-16-10-6-5-9-15(16)13-22-21(27)19-17-11-7-8-12-18(17)20(26)24-23-19/h5-12H,3-4,13-14H2,1-2H3,(H,22,27)(H,24,26)/p+1. The molecule has 0 saturated carbocycles. The topological polar surface area (TPSA) is 79.3 Å². The number of hydrogen-bond acceptors (Lipinski definition) is 3. The van der Waals surface area contributed by atoms with Gasteiger partial charge in [-0.15, -0.1) is 0 Å². The average molecular weight is 365 g/mol. The van der Waals surface area contributed by atoms with Crippen LogP contribution in [0.4, 0.5) is 0 Å². The first-order valence-electron chi connectivity index (χ1n) is 9.30. The number of nitrogens with zero attached hydrogens (tertiary/aromatic N) is 1. The molecule has 0 fully saturated rings. The molecule has 3 aromatic rings. The lowest BCUT2D eigenvalue weighted by atomic mass is 10.1. The Hall–Kier alpha value is -2.99. The van der Waals surface area contributed by atoms with E-state index in [9.17, 15) is 9.59 Å². The summed E-state index contributed by atoms with van der Waals surface area (Å²) in [4.78, 5) is 26.1. The molecule has 1 aromatic heterocycles. The number of fused-ring (bicyclic) bond motifs is 1. The van der Waals surface area contributed by atoms with Crippen LogP contribution in [0.5, 0.6) is 0 Å². The molecule has 3 N–H and O–H groups in total. The van der Waals surface area contributed by atoms with Crippen molar-refractivity contribution in [3.63, 3.8) is 0 Å². The summed E-state index contributed by atoms with van der Waals surface area (Å²) in [5.41, 5.74) is 2.27. The zero-order valence-corrected chi connectivity index (χ0v) is 15.7. The van der Waals surface area contributed by atoms with Crippen LogP contribution in [0.25, 0.3) is 10.8 Å². The van der Waals surface area contributed by atoms with Crippen LogP contribution < -0.4 is 15.8 Å². The van der Waals surface area contributed by atoms with Crippen molar-refractivity contribution in [1.29, 1.82) is 0 Å². The second-order valence-corrected chi connectivity index (χ2v) is 6.53. The Bertz CT molecular complexity index is 993. The Morgan fingerprint density at radius 1 is 1.00 bits per heavy atom. The number of hydrogen-bond donors (Lipinski definition) is 3. The first-order valence-corrected chi connectivity index (χ1v) is 9.30. The Balaban J connectivity index is 1.79. The second-order valence-electron chi connectivity index (χ2n) is 6.53. The Labute approximate surface area is 158 Å². The van der Waals surface area contributed by atoms with Crippen LogP contribution in [0.2, 0.25) is 0 Å². The molecule has 27 heavy (non-hydrogen) atoms. The van der Waals surface area contributed by atoms with Crippen LogP contribution in [0, 0.1) is 0 Å². The number of carbonyl (C=O) groups is 1. The van der Waals surface area contributed by atoms with Crippen LogP contribution in [0.1, 0.15) is 35.5 Å². The van der Waals surface area contributed by atoms with E-state index in [1.165, 1.54) is 10.5 Å². The maximum Gasteiger partial charge on any atom is 0.272 e. The Morgan fingerprint density at radius 2 is 1.63 bits per heavy atom. The van der Waals surface area contributed by atoms with Crippen LogP contribution in [0.15, 0.2) is 53.3 Å². The number of rotatable bonds is 7. The van der Waals surface area contributed by atoms with Crippen LogP contribution in [-0.4, -0.2) is 29.2 Å². The summed E-state index contributed by atoms with van der Waals surface area (Å²) in [6.07, 6.45) is 0. The molecule has 0 aliphatic heterocycles. The number of nitrogens with one attached hydrogen (secondary N) is 3. The van der Waals surface area contributed by atoms with E-state index in [0.717, 1.165) is 25.2 Å². The first-order chi connectivity index (χ1) is 13.1. The van der Waals surface area contributed by atoms with Gasteiger partial charge in [0.05, 0.1) is 18.5 Å². The number of amides is 1. The maximum atomic E-state index is 12.7. The molecule has 140 valence electrons. The van der Waals surface area contributed by atoms with Crippen LogP contribution in [0.3, 0.4) is 0 Å². The molecule has 0 bridgehead atoms. The van der Waals surface area contributed by atoms with Crippen molar-refractivity contribution in [3.05, 3.63) is 75.7 Å². The van der Waals surface area contributed by atoms with Gasteiger partial charge in [-0.2, -0.15) is 5.10 Å². The molecule has 1 amide bonds. The fraction of sp³-hybridized carbons (Fsp3) is 0.286. The molecule has 2 aromatic carbocycles. The first kappa shape index (κ1) is 18.8. The third kappa shape index (κ3) is 4.23. The minimum absolute atomic E-state index is 0.233. The van der Waals surface area contributed by atoms with Gasteiger partial charge in [0.2, 0.25) is 0 Å². The monoisotopic (exact) mass is 365 g/mol.